The number of hydrogen-bond donors (Lipinski definition) is 1. The van der Waals surface area contributed by atoms with Crippen molar-refractivity contribution in [3.8, 4) is 28.2 Å². The highest BCUT2D eigenvalue weighted by atomic mass is 19.1. The average Bonchev–Trinajstić information content (AvgIpc) is 3.45. The Balaban J connectivity index is 1.79. The molecule has 0 bridgehead atoms. The van der Waals surface area contributed by atoms with Crippen LogP contribution < -0.4 is 0 Å². The van der Waals surface area contributed by atoms with Crippen LogP contribution in [0.1, 0.15) is 28.5 Å². The molecule has 0 fully saturated rings. The van der Waals surface area contributed by atoms with Gasteiger partial charge in [-0.05, 0) is 67.9 Å². The number of esters is 1. The fourth-order valence-corrected chi connectivity index (χ4v) is 4.13. The lowest BCUT2D eigenvalue weighted by molar-refractivity contribution is 0.0525. The van der Waals surface area contributed by atoms with Crippen molar-refractivity contribution in [2.24, 2.45) is 0 Å². The second kappa shape index (κ2) is 9.15. The maximum atomic E-state index is 13.7. The van der Waals surface area contributed by atoms with E-state index in [1.165, 1.54) is 12.1 Å². The van der Waals surface area contributed by atoms with Gasteiger partial charge in [-0.15, -0.1) is 0 Å². The highest BCUT2D eigenvalue weighted by molar-refractivity contribution is 5.97. The molecule has 0 saturated heterocycles. The van der Waals surface area contributed by atoms with E-state index >= 15 is 0 Å². The van der Waals surface area contributed by atoms with Gasteiger partial charge in [-0.3, -0.25) is 0 Å². The van der Waals surface area contributed by atoms with Crippen LogP contribution >= 0.6 is 0 Å². The van der Waals surface area contributed by atoms with E-state index in [0.717, 1.165) is 5.69 Å². The Kier molecular flexibility index (Phi) is 5.88. The van der Waals surface area contributed by atoms with E-state index in [9.17, 15) is 14.3 Å². The number of carbonyl (C=O) groups excluding carboxylic acids is 1. The van der Waals surface area contributed by atoms with Gasteiger partial charge in [-0.25, -0.2) is 18.4 Å². The Morgan fingerprint density at radius 2 is 1.80 bits per heavy atom. The lowest BCUT2D eigenvalue weighted by atomic mass is 10.0. The van der Waals surface area contributed by atoms with Crippen molar-refractivity contribution in [2.45, 2.75) is 20.5 Å². The molecule has 3 heterocycles. The number of fused-ring (bicyclic) bond motifs is 1. The quantitative estimate of drug-likeness (QED) is 0.355. The number of rotatable bonds is 6. The molecule has 176 valence electrons. The average molecular weight is 471 g/mol. The number of para-hydroxylation sites is 1. The van der Waals surface area contributed by atoms with E-state index in [4.69, 9.17) is 14.9 Å². The number of ether oxygens (including phenoxy) is 1. The van der Waals surface area contributed by atoms with Crippen LogP contribution in [0.5, 0.6) is 0 Å². The van der Waals surface area contributed by atoms with Crippen LogP contribution in [0.3, 0.4) is 0 Å². The minimum Gasteiger partial charge on any atom is -0.462 e. The molecule has 0 atom stereocenters. The molecule has 8 heteroatoms. The highest BCUT2D eigenvalue weighted by Crippen LogP contribution is 2.36. The summed E-state index contributed by atoms with van der Waals surface area (Å²) in [4.78, 5) is 12.6. The van der Waals surface area contributed by atoms with Gasteiger partial charge in [0.15, 0.2) is 0 Å². The lowest BCUT2D eigenvalue weighted by Crippen LogP contribution is -2.08. The number of aromatic nitrogens is 4. The summed E-state index contributed by atoms with van der Waals surface area (Å²) in [7, 11) is 0. The predicted molar refractivity (Wildman–Crippen MR) is 130 cm³/mol. The fraction of sp³-hybridized carbons (Fsp3) is 0.148. The number of aryl methyl sites for hydroxylation is 1. The van der Waals surface area contributed by atoms with Gasteiger partial charge >= 0.3 is 5.97 Å². The SMILES string of the molecule is CCOC(=O)c1cc2c(-c3cc(CO)n(-c4ccccc4)n3)c(-c3ccc(F)cc3)nn2cc1C. The van der Waals surface area contributed by atoms with E-state index in [0.29, 0.717) is 44.9 Å². The van der Waals surface area contributed by atoms with Crippen LogP contribution in [0.2, 0.25) is 0 Å². The van der Waals surface area contributed by atoms with Gasteiger partial charge in [0, 0.05) is 11.8 Å². The molecule has 0 saturated carbocycles. The van der Waals surface area contributed by atoms with Gasteiger partial charge in [-0.1, -0.05) is 18.2 Å². The fourth-order valence-electron chi connectivity index (χ4n) is 4.13. The zero-order valence-electron chi connectivity index (χ0n) is 19.3. The third-order valence-corrected chi connectivity index (χ3v) is 5.78. The summed E-state index contributed by atoms with van der Waals surface area (Å²) >= 11 is 0. The van der Waals surface area contributed by atoms with E-state index in [2.05, 4.69) is 0 Å². The zero-order valence-corrected chi connectivity index (χ0v) is 19.3. The largest absolute Gasteiger partial charge is 0.462 e. The van der Waals surface area contributed by atoms with E-state index in [-0.39, 0.29) is 19.0 Å². The molecule has 0 aliphatic heterocycles. The van der Waals surface area contributed by atoms with Gasteiger partial charge in [-0.2, -0.15) is 10.2 Å². The van der Waals surface area contributed by atoms with Crippen LogP contribution in [0, 0.1) is 12.7 Å². The number of hydrogen-bond acceptors (Lipinski definition) is 5. The van der Waals surface area contributed by atoms with Crippen LogP contribution in [0.25, 0.3) is 33.7 Å². The topological polar surface area (TPSA) is 81.6 Å². The first-order valence-corrected chi connectivity index (χ1v) is 11.2. The lowest BCUT2D eigenvalue weighted by Gasteiger charge is -2.07. The molecule has 0 unspecified atom stereocenters. The standard InChI is InChI=1S/C27H23FN4O3/c1-3-35-27(34)22-14-24-25(23-13-21(16-33)32(29-23)20-7-5-4-6-8-20)26(30-31(24)15-17(22)2)18-9-11-19(28)12-10-18/h4-15,33H,3,16H2,1-2H3. The van der Waals surface area contributed by atoms with Crippen LogP contribution in [0.15, 0.2) is 72.9 Å². The van der Waals surface area contributed by atoms with Crippen molar-refractivity contribution in [3.05, 3.63) is 95.6 Å². The molecule has 3 aromatic heterocycles. The number of carbonyl (C=O) groups is 1. The second-order valence-electron chi connectivity index (χ2n) is 8.08. The van der Waals surface area contributed by atoms with E-state index < -0.39 is 5.97 Å². The first kappa shape index (κ1) is 22.5. The number of aliphatic hydroxyl groups excluding tert-OH is 1. The number of aliphatic hydroxyl groups is 1. The molecule has 35 heavy (non-hydrogen) atoms. The first-order valence-electron chi connectivity index (χ1n) is 11.2. The summed E-state index contributed by atoms with van der Waals surface area (Å²) in [5.74, 6) is -0.774. The summed E-state index contributed by atoms with van der Waals surface area (Å²) < 4.78 is 22.3. The molecular formula is C27H23FN4O3. The molecule has 7 nitrogen and oxygen atoms in total. The van der Waals surface area contributed by atoms with Gasteiger partial charge < -0.3 is 9.84 Å². The van der Waals surface area contributed by atoms with Crippen molar-refractivity contribution in [2.75, 3.05) is 6.61 Å². The van der Waals surface area contributed by atoms with E-state index in [1.54, 1.807) is 46.6 Å². The minimum absolute atomic E-state index is 0.222. The van der Waals surface area contributed by atoms with Crippen LogP contribution in [0.4, 0.5) is 4.39 Å². The molecule has 0 spiro atoms. The summed E-state index contributed by atoms with van der Waals surface area (Å²) in [5, 5.41) is 19.6. The van der Waals surface area contributed by atoms with Gasteiger partial charge in [0.1, 0.15) is 11.5 Å². The first-order chi connectivity index (χ1) is 17.0. The molecule has 0 radical (unpaired) electrons. The summed E-state index contributed by atoms with van der Waals surface area (Å²) in [6.07, 6.45) is 1.76. The van der Waals surface area contributed by atoms with E-state index in [1.807, 2.05) is 37.3 Å². The Morgan fingerprint density at radius 3 is 2.49 bits per heavy atom. The van der Waals surface area contributed by atoms with Gasteiger partial charge in [0.25, 0.3) is 0 Å². The second-order valence-corrected chi connectivity index (χ2v) is 8.08. The van der Waals surface area contributed by atoms with Gasteiger partial charge in [0.2, 0.25) is 0 Å². The summed E-state index contributed by atoms with van der Waals surface area (Å²) in [5.41, 5.74) is 5.65. The van der Waals surface area contributed by atoms with Crippen molar-refractivity contribution in [1.29, 1.82) is 0 Å². The predicted octanol–water partition coefficient (Wildman–Crippen LogP) is 4.97. The van der Waals surface area contributed by atoms with Crippen molar-refractivity contribution in [1.82, 2.24) is 19.4 Å². The molecule has 1 N–H and O–H groups in total. The monoisotopic (exact) mass is 470 g/mol. The Labute approximate surface area is 201 Å². The maximum absolute atomic E-state index is 13.7. The molecule has 2 aromatic carbocycles. The summed E-state index contributed by atoms with van der Waals surface area (Å²) in [6, 6.07) is 19.1. The number of halogens is 1. The normalized spacial score (nSPS) is 11.2. The minimum atomic E-state index is -0.422. The molecular weight excluding hydrogens is 447 g/mol. The van der Waals surface area contributed by atoms with Crippen molar-refractivity contribution in [3.63, 3.8) is 0 Å². The third kappa shape index (κ3) is 4.08. The Morgan fingerprint density at radius 1 is 1.06 bits per heavy atom. The zero-order chi connectivity index (χ0) is 24.5. The molecule has 0 amide bonds. The summed E-state index contributed by atoms with van der Waals surface area (Å²) in [6.45, 7) is 3.62. The number of nitrogens with zero attached hydrogens (tertiary/aromatic N) is 4. The third-order valence-electron chi connectivity index (χ3n) is 5.78. The maximum Gasteiger partial charge on any atom is 0.338 e. The smallest absolute Gasteiger partial charge is 0.338 e. The number of pyridine rings is 1. The van der Waals surface area contributed by atoms with Crippen molar-refractivity contribution >= 4 is 11.5 Å². The van der Waals surface area contributed by atoms with Gasteiger partial charge in [0.05, 0.1) is 46.9 Å². The van der Waals surface area contributed by atoms with Crippen LogP contribution in [-0.2, 0) is 11.3 Å². The Bertz CT molecular complexity index is 1520. The molecule has 5 aromatic rings. The molecule has 0 aliphatic rings. The molecule has 0 aliphatic carbocycles. The molecule has 5 rings (SSSR count). The highest BCUT2D eigenvalue weighted by Gasteiger charge is 2.23. The van der Waals surface area contributed by atoms with Crippen LogP contribution in [-0.4, -0.2) is 37.1 Å². The Hall–Kier alpha value is -4.30. The number of benzene rings is 2. The van der Waals surface area contributed by atoms with Crippen molar-refractivity contribution < 1.29 is 19.0 Å².